The van der Waals surface area contributed by atoms with Gasteiger partial charge in [-0.1, -0.05) is 13.3 Å². The summed E-state index contributed by atoms with van der Waals surface area (Å²) in [5.41, 5.74) is 1.01. The predicted octanol–water partition coefficient (Wildman–Crippen LogP) is 2.03. The lowest BCUT2D eigenvalue weighted by Gasteiger charge is -2.18. The molecule has 1 saturated carbocycles. The molecule has 1 N–H and O–H groups in total. The first kappa shape index (κ1) is 12.4. The Hall–Kier alpha value is -1.03. The smallest absolute Gasteiger partial charge is 0.212 e. The Balaban J connectivity index is 1.88. The highest BCUT2D eigenvalue weighted by molar-refractivity contribution is 5.14. The van der Waals surface area contributed by atoms with Crippen LogP contribution in [-0.4, -0.2) is 28.5 Å². The Morgan fingerprint density at radius 2 is 2.35 bits per heavy atom. The Labute approximate surface area is 103 Å². The molecule has 1 heterocycles. The van der Waals surface area contributed by atoms with Gasteiger partial charge in [-0.3, -0.25) is 0 Å². The zero-order valence-electron chi connectivity index (χ0n) is 11.1. The Morgan fingerprint density at radius 1 is 1.59 bits per heavy atom. The van der Waals surface area contributed by atoms with E-state index in [4.69, 9.17) is 4.74 Å². The lowest BCUT2D eigenvalue weighted by Crippen LogP contribution is -2.33. The minimum Gasteiger partial charge on any atom is -0.473 e. The molecule has 0 bridgehead atoms. The number of ether oxygens (including phenoxy) is 1. The monoisotopic (exact) mass is 237 g/mol. The summed E-state index contributed by atoms with van der Waals surface area (Å²) >= 11 is 0. The highest BCUT2D eigenvalue weighted by atomic mass is 16.5. The minimum atomic E-state index is 0.260. The summed E-state index contributed by atoms with van der Waals surface area (Å²) < 4.78 is 7.84. The third-order valence-electron chi connectivity index (χ3n) is 3.07. The van der Waals surface area contributed by atoms with Crippen molar-refractivity contribution in [1.82, 2.24) is 15.1 Å². The summed E-state index contributed by atoms with van der Waals surface area (Å²) in [6, 6.07) is 2.74. The van der Waals surface area contributed by atoms with Crippen molar-refractivity contribution >= 4 is 0 Å². The molecule has 0 radical (unpaired) electrons. The van der Waals surface area contributed by atoms with Crippen LogP contribution in [0.3, 0.4) is 0 Å². The van der Waals surface area contributed by atoms with Gasteiger partial charge in [-0.2, -0.15) is 5.10 Å². The molecule has 1 aliphatic rings. The second-order valence-electron chi connectivity index (χ2n) is 4.96. The van der Waals surface area contributed by atoms with Crippen LogP contribution in [0.1, 0.15) is 38.3 Å². The van der Waals surface area contributed by atoms with E-state index in [1.165, 1.54) is 12.8 Å². The second kappa shape index (κ2) is 5.54. The summed E-state index contributed by atoms with van der Waals surface area (Å²) in [7, 11) is 1.93. The van der Waals surface area contributed by atoms with Crippen molar-refractivity contribution in [3.8, 4) is 5.88 Å². The van der Waals surface area contributed by atoms with E-state index < -0.39 is 0 Å². The van der Waals surface area contributed by atoms with E-state index in [2.05, 4.69) is 17.3 Å². The fraction of sp³-hybridized carbons (Fsp3) is 0.769. The quantitative estimate of drug-likeness (QED) is 0.788. The largest absolute Gasteiger partial charge is 0.473 e. The molecule has 0 aliphatic heterocycles. The van der Waals surface area contributed by atoms with Gasteiger partial charge in [0.2, 0.25) is 5.88 Å². The van der Waals surface area contributed by atoms with E-state index in [1.54, 1.807) is 0 Å². The molecule has 0 saturated heterocycles. The highest BCUT2D eigenvalue weighted by Crippen LogP contribution is 2.20. The van der Waals surface area contributed by atoms with E-state index in [0.717, 1.165) is 37.0 Å². The first-order valence-electron chi connectivity index (χ1n) is 6.59. The molecule has 2 rings (SSSR count). The number of nitrogens with zero attached hydrogens (tertiary/aromatic N) is 2. The van der Waals surface area contributed by atoms with Gasteiger partial charge < -0.3 is 10.1 Å². The Kier molecular flexibility index (Phi) is 4.05. The second-order valence-corrected chi connectivity index (χ2v) is 4.96. The van der Waals surface area contributed by atoms with Gasteiger partial charge in [-0.05, 0) is 26.2 Å². The van der Waals surface area contributed by atoms with Crippen LogP contribution in [0.5, 0.6) is 5.88 Å². The van der Waals surface area contributed by atoms with Crippen molar-refractivity contribution in [2.45, 2.75) is 51.7 Å². The van der Waals surface area contributed by atoms with Gasteiger partial charge >= 0.3 is 0 Å². The van der Waals surface area contributed by atoms with Crippen molar-refractivity contribution in [3.63, 3.8) is 0 Å². The highest BCUT2D eigenvalue weighted by Gasteiger charge is 2.22. The molecule has 1 unspecified atom stereocenters. The average Bonchev–Trinajstić information content (AvgIpc) is 3.03. The first-order chi connectivity index (χ1) is 8.19. The van der Waals surface area contributed by atoms with E-state index in [1.807, 2.05) is 24.7 Å². The molecule has 0 amide bonds. The minimum absolute atomic E-state index is 0.260. The van der Waals surface area contributed by atoms with Gasteiger partial charge in [-0.25, -0.2) is 4.68 Å². The summed E-state index contributed by atoms with van der Waals surface area (Å²) in [4.78, 5) is 0. The van der Waals surface area contributed by atoms with Crippen molar-refractivity contribution in [3.05, 3.63) is 11.8 Å². The predicted molar refractivity (Wildman–Crippen MR) is 68.3 cm³/mol. The topological polar surface area (TPSA) is 39.1 Å². The molecule has 0 spiro atoms. The van der Waals surface area contributed by atoms with Gasteiger partial charge in [0, 0.05) is 25.7 Å². The van der Waals surface area contributed by atoms with Crippen molar-refractivity contribution in [1.29, 1.82) is 0 Å². The third kappa shape index (κ3) is 3.73. The maximum Gasteiger partial charge on any atom is 0.212 e. The third-order valence-corrected chi connectivity index (χ3v) is 3.07. The van der Waals surface area contributed by atoms with E-state index >= 15 is 0 Å². The molecule has 1 aliphatic carbocycles. The number of rotatable bonds is 7. The molecule has 17 heavy (non-hydrogen) atoms. The maximum absolute atomic E-state index is 6.02. The molecule has 0 aromatic carbocycles. The zero-order valence-corrected chi connectivity index (χ0v) is 11.1. The summed E-state index contributed by atoms with van der Waals surface area (Å²) in [6.07, 6.45) is 5.14. The Morgan fingerprint density at radius 3 is 2.88 bits per heavy atom. The van der Waals surface area contributed by atoms with Crippen molar-refractivity contribution < 1.29 is 4.74 Å². The van der Waals surface area contributed by atoms with Crippen LogP contribution in [-0.2, 0) is 7.05 Å². The van der Waals surface area contributed by atoms with Crippen molar-refractivity contribution in [2.75, 3.05) is 6.54 Å². The summed E-state index contributed by atoms with van der Waals surface area (Å²) in [5, 5.41) is 7.84. The zero-order chi connectivity index (χ0) is 12.3. The van der Waals surface area contributed by atoms with Crippen LogP contribution < -0.4 is 10.1 Å². The van der Waals surface area contributed by atoms with Crippen LogP contribution >= 0.6 is 0 Å². The number of nitrogens with one attached hydrogen (secondary N) is 1. The molecular formula is C13H23N3O. The van der Waals surface area contributed by atoms with Gasteiger partial charge in [0.15, 0.2) is 0 Å². The van der Waals surface area contributed by atoms with Gasteiger partial charge in [0.05, 0.1) is 5.69 Å². The molecule has 4 heteroatoms. The molecule has 1 aromatic rings. The number of hydrogen-bond acceptors (Lipinski definition) is 3. The standard InChI is InChI=1S/C13H23N3O/c1-4-5-12(9-14-11-6-7-11)17-13-8-10(2)15-16(13)3/h8,11-12,14H,4-7,9H2,1-3H3. The molecule has 1 fully saturated rings. The fourth-order valence-corrected chi connectivity index (χ4v) is 1.98. The van der Waals surface area contributed by atoms with Crippen LogP contribution in [0.2, 0.25) is 0 Å². The lowest BCUT2D eigenvalue weighted by atomic mass is 10.2. The summed E-state index contributed by atoms with van der Waals surface area (Å²) in [5.74, 6) is 0.874. The number of aryl methyl sites for hydroxylation is 2. The maximum atomic E-state index is 6.02. The lowest BCUT2D eigenvalue weighted by molar-refractivity contribution is 0.170. The van der Waals surface area contributed by atoms with Crippen LogP contribution in [0.25, 0.3) is 0 Å². The van der Waals surface area contributed by atoms with Gasteiger partial charge in [-0.15, -0.1) is 0 Å². The molecule has 1 atom stereocenters. The SMILES string of the molecule is CCCC(CNC1CC1)Oc1cc(C)nn1C. The van der Waals surface area contributed by atoms with E-state index in [0.29, 0.717) is 0 Å². The van der Waals surface area contributed by atoms with Crippen LogP contribution in [0.15, 0.2) is 6.07 Å². The fourth-order valence-electron chi connectivity index (χ4n) is 1.98. The molecule has 4 nitrogen and oxygen atoms in total. The van der Waals surface area contributed by atoms with Gasteiger partial charge in [0.1, 0.15) is 6.10 Å². The van der Waals surface area contributed by atoms with Crippen LogP contribution in [0, 0.1) is 6.92 Å². The van der Waals surface area contributed by atoms with E-state index in [-0.39, 0.29) is 6.10 Å². The Bertz CT molecular complexity index is 358. The average molecular weight is 237 g/mol. The number of hydrogen-bond donors (Lipinski definition) is 1. The van der Waals surface area contributed by atoms with Gasteiger partial charge in [0.25, 0.3) is 0 Å². The van der Waals surface area contributed by atoms with E-state index in [9.17, 15) is 0 Å². The summed E-state index contributed by atoms with van der Waals surface area (Å²) in [6.45, 7) is 5.13. The normalized spacial score (nSPS) is 17.1. The van der Waals surface area contributed by atoms with Crippen LogP contribution in [0.4, 0.5) is 0 Å². The number of aromatic nitrogens is 2. The first-order valence-corrected chi connectivity index (χ1v) is 6.59. The van der Waals surface area contributed by atoms with Crippen molar-refractivity contribution in [2.24, 2.45) is 7.05 Å². The molecule has 1 aromatic heterocycles. The molecular weight excluding hydrogens is 214 g/mol. The molecule has 96 valence electrons.